The molecule has 0 unspecified atom stereocenters. The number of benzene rings is 1. The summed E-state index contributed by atoms with van der Waals surface area (Å²) in [6.07, 6.45) is 0. The molecule has 0 saturated carbocycles. The molecule has 1 heterocycles. The van der Waals surface area contributed by atoms with Crippen LogP contribution >= 0.6 is 0 Å². The Bertz CT molecular complexity index is 688. The molecule has 1 aromatic heterocycles. The summed E-state index contributed by atoms with van der Waals surface area (Å²) in [5.74, 6) is -0.651. The first-order valence-corrected chi connectivity index (χ1v) is 5.99. The second-order valence-electron chi connectivity index (χ2n) is 3.24. The molecular formula is C10H5F3NO3SY-. The van der Waals surface area contributed by atoms with Crippen molar-refractivity contribution in [1.82, 2.24) is 4.98 Å². The van der Waals surface area contributed by atoms with Crippen LogP contribution < -0.4 is 4.18 Å². The topological polar surface area (TPSA) is 56.3 Å². The fourth-order valence-electron chi connectivity index (χ4n) is 1.19. The van der Waals surface area contributed by atoms with Gasteiger partial charge in [0.1, 0.15) is 0 Å². The van der Waals surface area contributed by atoms with Crippen LogP contribution in [0.5, 0.6) is 5.88 Å². The van der Waals surface area contributed by atoms with Gasteiger partial charge < -0.3 is 4.18 Å². The number of pyridine rings is 1. The summed E-state index contributed by atoms with van der Waals surface area (Å²) in [6, 6.07) is 9.89. The molecule has 0 aliphatic rings. The van der Waals surface area contributed by atoms with E-state index >= 15 is 0 Å². The zero-order valence-electron chi connectivity index (χ0n) is 9.18. The number of halogens is 3. The van der Waals surface area contributed by atoms with E-state index in [1.54, 1.807) is 12.1 Å². The van der Waals surface area contributed by atoms with Crippen molar-refractivity contribution in [1.29, 1.82) is 0 Å². The molecule has 0 spiro atoms. The van der Waals surface area contributed by atoms with Crippen molar-refractivity contribution in [2.24, 2.45) is 0 Å². The molecule has 0 fully saturated rings. The van der Waals surface area contributed by atoms with E-state index in [1.165, 1.54) is 12.1 Å². The predicted octanol–water partition coefficient (Wildman–Crippen LogP) is 2.26. The third-order valence-corrected chi connectivity index (χ3v) is 2.93. The third-order valence-electron chi connectivity index (χ3n) is 1.97. The normalized spacial score (nSPS) is 11.9. The van der Waals surface area contributed by atoms with E-state index in [1.807, 2.05) is 0 Å². The molecular weight excluding hydrogens is 360 g/mol. The minimum Gasteiger partial charge on any atom is -0.355 e. The first kappa shape index (κ1) is 16.3. The van der Waals surface area contributed by atoms with Crippen LogP contribution in [0.3, 0.4) is 0 Å². The third kappa shape index (κ3) is 3.64. The van der Waals surface area contributed by atoms with Gasteiger partial charge in [-0.1, -0.05) is 0 Å². The van der Waals surface area contributed by atoms with Crippen LogP contribution in [0.25, 0.3) is 10.9 Å². The molecule has 1 aromatic carbocycles. The van der Waals surface area contributed by atoms with Crippen LogP contribution in [0, 0.1) is 6.07 Å². The molecule has 4 nitrogen and oxygen atoms in total. The van der Waals surface area contributed by atoms with Crippen LogP contribution in [0.4, 0.5) is 13.2 Å². The number of hydrogen-bond donors (Lipinski definition) is 0. The number of hydrogen-bond acceptors (Lipinski definition) is 4. The van der Waals surface area contributed by atoms with Gasteiger partial charge in [0.05, 0.1) is 0 Å². The van der Waals surface area contributed by atoms with E-state index in [4.69, 9.17) is 0 Å². The number of aromatic nitrogens is 1. The Balaban J connectivity index is 0.00000180. The fraction of sp³-hybridized carbons (Fsp3) is 0.100. The average molecular weight is 365 g/mol. The predicted molar refractivity (Wildman–Crippen MR) is 56.2 cm³/mol. The van der Waals surface area contributed by atoms with Crippen molar-refractivity contribution in [2.75, 3.05) is 0 Å². The number of para-hydroxylation sites is 1. The second kappa shape index (κ2) is 5.72. The average Bonchev–Trinajstić information content (AvgIpc) is 2.27. The van der Waals surface area contributed by atoms with Crippen molar-refractivity contribution in [3.8, 4) is 5.88 Å². The van der Waals surface area contributed by atoms with Gasteiger partial charge in [-0.05, 0) is 11.6 Å². The number of fused-ring (bicyclic) bond motifs is 1. The first-order valence-electron chi connectivity index (χ1n) is 4.58. The van der Waals surface area contributed by atoms with Gasteiger partial charge in [-0.2, -0.15) is 45.9 Å². The SMILES string of the molecule is O=S(=O)(Oc1ccc2ccc[c-]c2n1)C(F)(F)F.[Y]. The minimum atomic E-state index is -5.70. The van der Waals surface area contributed by atoms with E-state index in [-0.39, 0.29) is 38.2 Å². The maximum absolute atomic E-state index is 12.1. The summed E-state index contributed by atoms with van der Waals surface area (Å²) in [5, 5.41) is 0.606. The molecule has 99 valence electrons. The van der Waals surface area contributed by atoms with E-state index in [0.717, 1.165) is 6.07 Å². The van der Waals surface area contributed by atoms with Crippen molar-refractivity contribution >= 4 is 21.0 Å². The van der Waals surface area contributed by atoms with E-state index in [9.17, 15) is 21.6 Å². The van der Waals surface area contributed by atoms with E-state index < -0.39 is 21.5 Å². The number of nitrogens with zero attached hydrogens (tertiary/aromatic N) is 1. The maximum Gasteiger partial charge on any atom is 0.534 e. The van der Waals surface area contributed by atoms with Crippen molar-refractivity contribution in [2.45, 2.75) is 5.51 Å². The number of alkyl halides is 3. The molecule has 0 N–H and O–H groups in total. The fourth-order valence-corrected chi connectivity index (χ4v) is 1.60. The summed E-state index contributed by atoms with van der Waals surface area (Å²) >= 11 is 0. The van der Waals surface area contributed by atoms with Gasteiger partial charge in [-0.25, -0.2) is 4.98 Å². The van der Waals surface area contributed by atoms with Gasteiger partial charge in [0.2, 0.25) is 5.88 Å². The molecule has 2 rings (SSSR count). The van der Waals surface area contributed by atoms with E-state index in [0.29, 0.717) is 5.39 Å². The Labute approximate surface area is 132 Å². The van der Waals surface area contributed by atoms with Crippen molar-refractivity contribution in [3.05, 3.63) is 36.4 Å². The molecule has 2 aromatic rings. The monoisotopic (exact) mass is 365 g/mol. The maximum atomic E-state index is 12.1. The standard InChI is InChI=1S/C10H5F3NO3S.Y/c11-10(12,13)18(15,16)17-9-6-5-7-3-1-2-4-8(7)14-9;/h1-3,5-6H;/q-1;. The molecule has 0 atom stereocenters. The Morgan fingerprint density at radius 2 is 1.89 bits per heavy atom. The Kier molecular flexibility index (Phi) is 4.92. The molecule has 0 aliphatic heterocycles. The van der Waals surface area contributed by atoms with Gasteiger partial charge in [-0.3, -0.25) is 0 Å². The Morgan fingerprint density at radius 1 is 1.21 bits per heavy atom. The minimum absolute atomic E-state index is 0. The van der Waals surface area contributed by atoms with Crippen LogP contribution in [0.1, 0.15) is 0 Å². The zero-order valence-corrected chi connectivity index (χ0v) is 12.8. The smallest absolute Gasteiger partial charge is 0.355 e. The van der Waals surface area contributed by atoms with Crippen LogP contribution in [0.2, 0.25) is 0 Å². The van der Waals surface area contributed by atoms with Crippen LogP contribution in [-0.2, 0) is 42.8 Å². The van der Waals surface area contributed by atoms with Crippen LogP contribution in [0.15, 0.2) is 30.3 Å². The second-order valence-corrected chi connectivity index (χ2v) is 4.78. The molecule has 0 bridgehead atoms. The molecule has 0 saturated heterocycles. The molecule has 9 heteroatoms. The van der Waals surface area contributed by atoms with Crippen molar-refractivity contribution < 1.29 is 58.5 Å². The van der Waals surface area contributed by atoms with Gasteiger partial charge >= 0.3 is 15.6 Å². The summed E-state index contributed by atoms with van der Waals surface area (Å²) in [6.45, 7) is 0. The van der Waals surface area contributed by atoms with Crippen molar-refractivity contribution in [3.63, 3.8) is 0 Å². The van der Waals surface area contributed by atoms with Gasteiger partial charge in [0, 0.05) is 32.7 Å². The largest absolute Gasteiger partial charge is 0.534 e. The van der Waals surface area contributed by atoms with Gasteiger partial charge in [-0.15, -0.1) is 11.5 Å². The molecule has 19 heavy (non-hydrogen) atoms. The molecule has 0 amide bonds. The van der Waals surface area contributed by atoms with Gasteiger partial charge in [0.15, 0.2) is 0 Å². The summed E-state index contributed by atoms with van der Waals surface area (Å²) in [5.41, 5.74) is -5.27. The summed E-state index contributed by atoms with van der Waals surface area (Å²) < 4.78 is 61.7. The quantitative estimate of drug-likeness (QED) is 0.466. The Morgan fingerprint density at radius 3 is 2.53 bits per heavy atom. The molecule has 1 radical (unpaired) electrons. The number of rotatable bonds is 2. The zero-order chi connectivity index (χ0) is 13.4. The summed E-state index contributed by atoms with van der Waals surface area (Å²) in [4.78, 5) is 3.62. The molecule has 0 aliphatic carbocycles. The van der Waals surface area contributed by atoms with E-state index in [2.05, 4.69) is 15.2 Å². The summed E-state index contributed by atoms with van der Waals surface area (Å²) in [7, 11) is -5.70. The van der Waals surface area contributed by atoms with Crippen LogP contribution in [-0.4, -0.2) is 18.9 Å². The Hall–Kier alpha value is -0.726. The first-order chi connectivity index (χ1) is 8.29. The van der Waals surface area contributed by atoms with Gasteiger partial charge in [0.25, 0.3) is 0 Å².